The van der Waals surface area contributed by atoms with Crippen LogP contribution in [0.3, 0.4) is 0 Å². The van der Waals surface area contributed by atoms with Gasteiger partial charge in [-0.25, -0.2) is 13.2 Å². The number of para-hydroxylation sites is 1. The van der Waals surface area contributed by atoms with Gasteiger partial charge >= 0.3 is 5.69 Å². The van der Waals surface area contributed by atoms with Gasteiger partial charge in [0, 0.05) is 18.9 Å². The molecular weight excluding hydrogens is 414 g/mol. The van der Waals surface area contributed by atoms with Crippen LogP contribution in [0.15, 0.2) is 58.4 Å². The van der Waals surface area contributed by atoms with Crippen LogP contribution in [0.25, 0.3) is 10.9 Å². The number of sulfone groups is 1. The van der Waals surface area contributed by atoms with E-state index in [0.29, 0.717) is 17.4 Å². The second kappa shape index (κ2) is 9.18. The Balaban J connectivity index is 1.63. The molecular formula is C23H27N3O4S. The summed E-state index contributed by atoms with van der Waals surface area (Å²) in [6.45, 7) is 0.396. The summed E-state index contributed by atoms with van der Waals surface area (Å²) in [7, 11) is -3.21. The normalized spacial score (nSPS) is 15.4. The maximum atomic E-state index is 13.2. The minimum Gasteiger partial charge on any atom is -0.289 e. The van der Waals surface area contributed by atoms with Gasteiger partial charge in [-0.3, -0.25) is 18.9 Å². The first-order chi connectivity index (χ1) is 15.0. The SMILES string of the molecule is O=c1c2ccccc2n(Cc2ccncc2)c(=O)n1CCCS(=O)(=O)C1CCCCC1. The first kappa shape index (κ1) is 21.5. The zero-order chi connectivity index (χ0) is 21.8. The minimum absolute atomic E-state index is 0.000722. The Hall–Kier alpha value is -2.74. The van der Waals surface area contributed by atoms with E-state index < -0.39 is 15.5 Å². The molecule has 1 aliphatic rings. The monoisotopic (exact) mass is 441 g/mol. The van der Waals surface area contributed by atoms with Gasteiger partial charge in [0.15, 0.2) is 9.84 Å². The molecule has 0 N–H and O–H groups in total. The Morgan fingerprint density at radius 3 is 2.39 bits per heavy atom. The molecule has 2 aromatic heterocycles. The molecule has 1 saturated carbocycles. The van der Waals surface area contributed by atoms with Crippen LogP contribution in [0.2, 0.25) is 0 Å². The fraction of sp³-hybridized carbons (Fsp3) is 0.435. The van der Waals surface area contributed by atoms with Crippen LogP contribution in [-0.4, -0.2) is 33.5 Å². The van der Waals surface area contributed by atoms with Gasteiger partial charge in [0.25, 0.3) is 5.56 Å². The summed E-state index contributed by atoms with van der Waals surface area (Å²) in [5.74, 6) is 0.000722. The molecule has 8 heteroatoms. The molecule has 0 bridgehead atoms. The van der Waals surface area contributed by atoms with Crippen molar-refractivity contribution in [1.29, 1.82) is 0 Å². The number of nitrogens with zero attached hydrogens (tertiary/aromatic N) is 3. The fourth-order valence-corrected chi connectivity index (χ4v) is 6.32. The van der Waals surface area contributed by atoms with Gasteiger partial charge in [0.05, 0.1) is 28.5 Å². The van der Waals surface area contributed by atoms with E-state index in [1.165, 1.54) is 4.57 Å². The fourth-order valence-electron chi connectivity index (χ4n) is 4.41. The van der Waals surface area contributed by atoms with Gasteiger partial charge in [-0.1, -0.05) is 31.4 Å². The summed E-state index contributed by atoms with van der Waals surface area (Å²) in [6.07, 6.45) is 8.01. The summed E-state index contributed by atoms with van der Waals surface area (Å²) >= 11 is 0. The van der Waals surface area contributed by atoms with Gasteiger partial charge in [0.1, 0.15) is 0 Å². The third kappa shape index (κ3) is 4.63. The summed E-state index contributed by atoms with van der Waals surface area (Å²) in [5.41, 5.74) is 0.671. The first-order valence-corrected chi connectivity index (χ1v) is 12.5. The maximum Gasteiger partial charge on any atom is 0.331 e. The molecule has 1 aromatic carbocycles. The summed E-state index contributed by atoms with van der Waals surface area (Å²) in [6, 6.07) is 10.7. The first-order valence-electron chi connectivity index (χ1n) is 10.8. The molecule has 0 aliphatic heterocycles. The predicted molar refractivity (Wildman–Crippen MR) is 121 cm³/mol. The van der Waals surface area contributed by atoms with E-state index in [9.17, 15) is 18.0 Å². The van der Waals surface area contributed by atoms with Crippen molar-refractivity contribution in [3.63, 3.8) is 0 Å². The Morgan fingerprint density at radius 2 is 1.65 bits per heavy atom. The van der Waals surface area contributed by atoms with Crippen molar-refractivity contribution in [3.05, 3.63) is 75.2 Å². The highest BCUT2D eigenvalue weighted by molar-refractivity contribution is 7.92. The molecule has 0 spiro atoms. The van der Waals surface area contributed by atoms with Crippen LogP contribution < -0.4 is 11.2 Å². The van der Waals surface area contributed by atoms with Crippen LogP contribution in [0.1, 0.15) is 44.1 Å². The molecule has 0 amide bonds. The number of pyridine rings is 1. The van der Waals surface area contributed by atoms with Crippen LogP contribution >= 0.6 is 0 Å². The molecule has 0 radical (unpaired) electrons. The van der Waals surface area contributed by atoms with E-state index in [0.717, 1.165) is 37.7 Å². The van der Waals surface area contributed by atoms with E-state index in [2.05, 4.69) is 4.98 Å². The topological polar surface area (TPSA) is 91.0 Å². The van der Waals surface area contributed by atoms with E-state index >= 15 is 0 Å². The van der Waals surface area contributed by atoms with Crippen molar-refractivity contribution < 1.29 is 8.42 Å². The minimum atomic E-state index is -3.21. The zero-order valence-corrected chi connectivity index (χ0v) is 18.3. The lowest BCUT2D eigenvalue weighted by Gasteiger charge is -2.21. The maximum absolute atomic E-state index is 13.2. The van der Waals surface area contributed by atoms with E-state index in [1.54, 1.807) is 41.2 Å². The van der Waals surface area contributed by atoms with Crippen LogP contribution in [-0.2, 0) is 22.9 Å². The van der Waals surface area contributed by atoms with Gasteiger partial charge in [0.2, 0.25) is 0 Å². The largest absolute Gasteiger partial charge is 0.331 e. The zero-order valence-electron chi connectivity index (χ0n) is 17.4. The molecule has 1 fully saturated rings. The van der Waals surface area contributed by atoms with Gasteiger partial charge in [-0.05, 0) is 49.1 Å². The lowest BCUT2D eigenvalue weighted by Crippen LogP contribution is -2.40. The molecule has 0 unspecified atom stereocenters. The Bertz CT molecular complexity index is 1270. The lowest BCUT2D eigenvalue weighted by atomic mass is 10.0. The number of fused-ring (bicyclic) bond motifs is 1. The van der Waals surface area contributed by atoms with Gasteiger partial charge in [-0.2, -0.15) is 0 Å². The number of hydrogen-bond donors (Lipinski definition) is 0. The summed E-state index contributed by atoms with van der Waals surface area (Å²) < 4.78 is 28.1. The number of aromatic nitrogens is 3. The Morgan fingerprint density at radius 1 is 0.935 bits per heavy atom. The number of rotatable bonds is 7. The second-order valence-corrected chi connectivity index (χ2v) is 10.6. The average Bonchev–Trinajstić information content (AvgIpc) is 2.80. The van der Waals surface area contributed by atoms with Crippen LogP contribution in [0, 0.1) is 0 Å². The molecule has 2 heterocycles. The van der Waals surface area contributed by atoms with Crippen molar-refractivity contribution in [2.45, 2.75) is 56.9 Å². The van der Waals surface area contributed by atoms with Crippen LogP contribution in [0.5, 0.6) is 0 Å². The second-order valence-electron chi connectivity index (χ2n) is 8.18. The third-order valence-electron chi connectivity index (χ3n) is 6.09. The summed E-state index contributed by atoms with van der Waals surface area (Å²) in [5, 5.41) is 0.171. The number of benzene rings is 1. The van der Waals surface area contributed by atoms with Crippen LogP contribution in [0.4, 0.5) is 0 Å². The van der Waals surface area contributed by atoms with Crippen molar-refractivity contribution in [2.75, 3.05) is 5.75 Å². The average molecular weight is 442 g/mol. The molecule has 7 nitrogen and oxygen atoms in total. The standard InChI is InChI=1S/C23H27N3O4S/c27-22-20-9-4-5-10-21(20)26(17-18-11-13-24-14-12-18)23(28)25(22)15-6-16-31(29,30)19-7-2-1-3-8-19/h4-5,9-14,19H,1-3,6-8,15-17H2. The molecule has 164 valence electrons. The van der Waals surface area contributed by atoms with Gasteiger partial charge < -0.3 is 0 Å². The molecule has 3 aromatic rings. The lowest BCUT2D eigenvalue weighted by molar-refractivity contribution is 0.481. The molecule has 4 rings (SSSR count). The van der Waals surface area contributed by atoms with Crippen molar-refractivity contribution in [2.24, 2.45) is 0 Å². The highest BCUT2D eigenvalue weighted by atomic mass is 32.2. The van der Waals surface area contributed by atoms with E-state index in [4.69, 9.17) is 0 Å². The third-order valence-corrected chi connectivity index (χ3v) is 8.44. The van der Waals surface area contributed by atoms with Crippen molar-refractivity contribution in [1.82, 2.24) is 14.1 Å². The van der Waals surface area contributed by atoms with E-state index in [1.807, 2.05) is 12.1 Å². The van der Waals surface area contributed by atoms with Gasteiger partial charge in [-0.15, -0.1) is 0 Å². The Kier molecular flexibility index (Phi) is 6.36. The highest BCUT2D eigenvalue weighted by Gasteiger charge is 2.26. The molecule has 0 atom stereocenters. The van der Waals surface area contributed by atoms with Crippen molar-refractivity contribution in [3.8, 4) is 0 Å². The molecule has 1 aliphatic carbocycles. The highest BCUT2D eigenvalue weighted by Crippen LogP contribution is 2.24. The smallest absolute Gasteiger partial charge is 0.289 e. The molecule has 31 heavy (non-hydrogen) atoms. The Labute approximate surface area is 181 Å². The van der Waals surface area contributed by atoms with Crippen molar-refractivity contribution >= 4 is 20.7 Å². The number of hydrogen-bond acceptors (Lipinski definition) is 5. The quantitative estimate of drug-likeness (QED) is 0.562. The predicted octanol–water partition coefficient (Wildman–Crippen LogP) is 2.74. The summed E-state index contributed by atoms with van der Waals surface area (Å²) in [4.78, 5) is 30.2. The molecule has 0 saturated heterocycles. The van der Waals surface area contributed by atoms with E-state index in [-0.39, 0.29) is 29.5 Å².